The van der Waals surface area contributed by atoms with Gasteiger partial charge in [0.2, 0.25) is 0 Å². The molecular formula is C55H33N3S2. The van der Waals surface area contributed by atoms with Crippen LogP contribution >= 0.6 is 22.7 Å². The summed E-state index contributed by atoms with van der Waals surface area (Å²) < 4.78 is 5.14. The van der Waals surface area contributed by atoms with E-state index >= 15 is 0 Å². The lowest BCUT2D eigenvalue weighted by molar-refractivity contribution is 1.18. The third-order valence-electron chi connectivity index (χ3n) is 11.5. The van der Waals surface area contributed by atoms with Gasteiger partial charge in [-0.1, -0.05) is 176 Å². The Morgan fingerprint density at radius 1 is 0.317 bits per heavy atom. The number of hydrogen-bond acceptors (Lipinski definition) is 5. The predicted octanol–water partition coefficient (Wildman–Crippen LogP) is 15.8. The van der Waals surface area contributed by atoms with Gasteiger partial charge in [0, 0.05) is 68.0 Å². The number of fused-ring (bicyclic) bond motifs is 8. The topological polar surface area (TPSA) is 38.7 Å². The van der Waals surface area contributed by atoms with Gasteiger partial charge in [-0.25, -0.2) is 15.0 Å². The van der Waals surface area contributed by atoms with E-state index in [1.165, 1.54) is 62.4 Å². The minimum absolute atomic E-state index is 0.693. The average molecular weight is 800 g/mol. The summed E-state index contributed by atoms with van der Waals surface area (Å²) in [4.78, 5) is 15.8. The van der Waals surface area contributed by atoms with E-state index in [4.69, 9.17) is 15.0 Å². The number of pyridine rings is 1. The Morgan fingerprint density at radius 2 is 0.867 bits per heavy atom. The maximum Gasteiger partial charge on any atom is 0.160 e. The van der Waals surface area contributed by atoms with Gasteiger partial charge in [0.1, 0.15) is 0 Å². The van der Waals surface area contributed by atoms with Crippen LogP contribution in [0.4, 0.5) is 0 Å². The van der Waals surface area contributed by atoms with Crippen LogP contribution in [0.25, 0.3) is 119 Å². The molecule has 0 N–H and O–H groups in total. The summed E-state index contributed by atoms with van der Waals surface area (Å²) in [5, 5.41) is 6.22. The summed E-state index contributed by atoms with van der Waals surface area (Å²) in [6.45, 7) is 0. The van der Waals surface area contributed by atoms with Crippen LogP contribution in [0.3, 0.4) is 0 Å². The first-order valence-electron chi connectivity index (χ1n) is 20.1. The van der Waals surface area contributed by atoms with Crippen molar-refractivity contribution in [3.63, 3.8) is 0 Å². The van der Waals surface area contributed by atoms with E-state index in [1.54, 1.807) is 0 Å². The number of thiophene rings is 2. The summed E-state index contributed by atoms with van der Waals surface area (Å²) in [7, 11) is 0. The monoisotopic (exact) mass is 799 g/mol. The van der Waals surface area contributed by atoms with E-state index in [0.29, 0.717) is 5.82 Å². The molecule has 0 atom stereocenters. The molecule has 0 spiro atoms. The van der Waals surface area contributed by atoms with Gasteiger partial charge in [-0.05, 0) is 46.5 Å². The molecule has 0 amide bonds. The minimum Gasteiger partial charge on any atom is -0.247 e. The van der Waals surface area contributed by atoms with Gasteiger partial charge in [-0.2, -0.15) is 0 Å². The Morgan fingerprint density at radius 3 is 1.62 bits per heavy atom. The molecule has 4 heterocycles. The van der Waals surface area contributed by atoms with E-state index in [9.17, 15) is 0 Å². The first-order valence-corrected chi connectivity index (χ1v) is 21.7. The highest BCUT2D eigenvalue weighted by Gasteiger charge is 2.18. The van der Waals surface area contributed by atoms with Crippen LogP contribution in [-0.2, 0) is 0 Å². The predicted molar refractivity (Wildman–Crippen MR) is 256 cm³/mol. The van der Waals surface area contributed by atoms with Crippen LogP contribution in [0.5, 0.6) is 0 Å². The Kier molecular flexibility index (Phi) is 8.22. The molecule has 0 saturated heterocycles. The van der Waals surface area contributed by atoms with Crippen LogP contribution in [0, 0.1) is 0 Å². The van der Waals surface area contributed by atoms with Gasteiger partial charge in [-0.3, -0.25) is 0 Å². The lowest BCUT2D eigenvalue weighted by atomic mass is 9.98. The molecule has 0 radical (unpaired) electrons. The average Bonchev–Trinajstić information content (AvgIpc) is 3.91. The zero-order valence-corrected chi connectivity index (χ0v) is 33.8. The molecule has 0 aliphatic carbocycles. The maximum absolute atomic E-state index is 5.43. The minimum atomic E-state index is 0.693. The number of nitrogens with zero attached hydrogens (tertiary/aromatic N) is 3. The largest absolute Gasteiger partial charge is 0.247 e. The second-order valence-corrected chi connectivity index (χ2v) is 17.2. The fourth-order valence-corrected chi connectivity index (χ4v) is 11.0. The van der Waals surface area contributed by atoms with Gasteiger partial charge in [-0.15, -0.1) is 22.7 Å². The van der Waals surface area contributed by atoms with E-state index in [-0.39, 0.29) is 0 Å². The smallest absolute Gasteiger partial charge is 0.160 e. The molecule has 8 aromatic carbocycles. The van der Waals surface area contributed by atoms with E-state index < -0.39 is 0 Å². The third kappa shape index (κ3) is 5.90. The van der Waals surface area contributed by atoms with E-state index in [2.05, 4.69) is 194 Å². The zero-order valence-electron chi connectivity index (χ0n) is 32.2. The highest BCUT2D eigenvalue weighted by Crippen LogP contribution is 2.44. The highest BCUT2D eigenvalue weighted by atomic mass is 32.1. The summed E-state index contributed by atoms with van der Waals surface area (Å²) in [5.41, 5.74) is 12.6. The summed E-state index contributed by atoms with van der Waals surface area (Å²) in [6, 6.07) is 71.2. The van der Waals surface area contributed by atoms with Crippen LogP contribution in [0.2, 0.25) is 0 Å². The van der Waals surface area contributed by atoms with Crippen molar-refractivity contribution in [2.24, 2.45) is 0 Å². The molecule has 3 nitrogen and oxygen atoms in total. The molecule has 0 unspecified atom stereocenters. The van der Waals surface area contributed by atoms with Crippen molar-refractivity contribution in [2.45, 2.75) is 0 Å². The molecule has 4 aromatic heterocycles. The first kappa shape index (κ1) is 34.7. The van der Waals surface area contributed by atoms with E-state index in [1.807, 2.05) is 28.7 Å². The summed E-state index contributed by atoms with van der Waals surface area (Å²) >= 11 is 3.70. The maximum atomic E-state index is 5.43. The van der Waals surface area contributed by atoms with Crippen molar-refractivity contribution >= 4 is 73.9 Å². The molecule has 12 aromatic rings. The van der Waals surface area contributed by atoms with Crippen LogP contribution in [-0.4, -0.2) is 15.0 Å². The van der Waals surface area contributed by atoms with Crippen molar-refractivity contribution in [1.82, 2.24) is 15.0 Å². The van der Waals surface area contributed by atoms with Gasteiger partial charge < -0.3 is 0 Å². The molecular weight excluding hydrogens is 767 g/mol. The Labute approximate surface area is 354 Å². The lowest BCUT2D eigenvalue weighted by Crippen LogP contribution is -1.96. The van der Waals surface area contributed by atoms with Crippen LogP contribution in [0.1, 0.15) is 0 Å². The van der Waals surface area contributed by atoms with Gasteiger partial charge in [0.15, 0.2) is 5.82 Å². The van der Waals surface area contributed by atoms with Crippen molar-refractivity contribution in [3.05, 3.63) is 200 Å². The summed E-state index contributed by atoms with van der Waals surface area (Å²) in [6.07, 6.45) is 0. The Hall–Kier alpha value is -7.31. The number of hydrogen-bond donors (Lipinski definition) is 0. The molecule has 280 valence electrons. The van der Waals surface area contributed by atoms with Gasteiger partial charge in [0.05, 0.1) is 22.6 Å². The third-order valence-corrected chi connectivity index (χ3v) is 13.9. The van der Waals surface area contributed by atoms with Gasteiger partial charge >= 0.3 is 0 Å². The normalized spacial score (nSPS) is 11.7. The van der Waals surface area contributed by atoms with Crippen LogP contribution < -0.4 is 0 Å². The number of aromatic nitrogens is 3. The van der Waals surface area contributed by atoms with Crippen molar-refractivity contribution in [2.75, 3.05) is 0 Å². The van der Waals surface area contributed by atoms with Crippen molar-refractivity contribution in [3.8, 4) is 67.4 Å². The van der Waals surface area contributed by atoms with E-state index in [0.717, 1.165) is 50.4 Å². The second kappa shape index (κ2) is 14.2. The molecule has 12 rings (SSSR count). The summed E-state index contributed by atoms with van der Waals surface area (Å²) in [5.74, 6) is 0.693. The molecule has 0 bridgehead atoms. The SMILES string of the molecule is c1ccc(-c2ccc3c(c2)nc(-c2ccc(-c4cc(-c5ccccc5)nc(-c5ccc(-c6cccc7c6sc6ccccc67)cc5)n4)cc2)c2c4ccccc4sc32)cc1. The molecule has 0 saturated carbocycles. The van der Waals surface area contributed by atoms with Crippen molar-refractivity contribution in [1.29, 1.82) is 0 Å². The lowest BCUT2D eigenvalue weighted by Gasteiger charge is -2.12. The molecule has 5 heteroatoms. The van der Waals surface area contributed by atoms with Crippen LogP contribution in [0.15, 0.2) is 200 Å². The molecule has 0 fully saturated rings. The fraction of sp³-hybridized carbons (Fsp3) is 0. The molecule has 60 heavy (non-hydrogen) atoms. The van der Waals surface area contributed by atoms with Crippen molar-refractivity contribution < 1.29 is 0 Å². The number of benzene rings is 8. The quantitative estimate of drug-likeness (QED) is 0.168. The molecule has 0 aliphatic rings. The molecule has 0 aliphatic heterocycles. The Balaban J connectivity index is 0.957. The van der Waals surface area contributed by atoms with Gasteiger partial charge in [0.25, 0.3) is 0 Å². The Bertz CT molecular complexity index is 3570. The second-order valence-electron chi connectivity index (χ2n) is 15.1. The fourth-order valence-electron chi connectivity index (χ4n) is 8.54. The number of rotatable bonds is 6. The zero-order chi connectivity index (χ0) is 39.6. The first-order chi connectivity index (χ1) is 29.7. The highest BCUT2D eigenvalue weighted by molar-refractivity contribution is 7.27. The standard InChI is InChI=1S/C55H33N3S2/c1-3-12-34(13-4-1)40-30-31-44-48(32-40)56-52(51-45-17-8-10-21-50(45)60-54(44)51)38-26-24-37(25-27-38)47-33-46(36-14-5-2-6-15-36)57-55(58-47)39-28-22-35(23-29-39)41-18-11-19-43-42-16-7-9-20-49(42)59-53(41)43/h1-33H.